The number of hydrogen-bond acceptors (Lipinski definition) is 2. The molecule has 0 aliphatic carbocycles. The molecule has 5 nitrogen and oxygen atoms in total. The molecule has 0 bridgehead atoms. The largest absolute Gasteiger partial charge is 0.416 e. The third-order valence-electron chi connectivity index (χ3n) is 5.72. The number of benzene rings is 1. The van der Waals surface area contributed by atoms with E-state index in [0.717, 1.165) is 44.4 Å². The molecule has 31 heavy (non-hydrogen) atoms. The number of aliphatic imine (C=N–C) groups is 1. The van der Waals surface area contributed by atoms with Crippen LogP contribution >= 0.6 is 24.0 Å². The van der Waals surface area contributed by atoms with Gasteiger partial charge >= 0.3 is 6.18 Å². The lowest BCUT2D eigenvalue weighted by atomic mass is 9.96. The maximum absolute atomic E-state index is 12.9. The van der Waals surface area contributed by atoms with E-state index in [-0.39, 0.29) is 29.9 Å². The molecule has 3 rings (SSSR count). The van der Waals surface area contributed by atoms with Gasteiger partial charge in [0.05, 0.1) is 11.8 Å². The second kappa shape index (κ2) is 11.2. The second-order valence-corrected chi connectivity index (χ2v) is 8.11. The Bertz CT molecular complexity index is 865. The Balaban J connectivity index is 0.00000341. The van der Waals surface area contributed by atoms with Gasteiger partial charge in [-0.15, -0.1) is 24.0 Å². The lowest BCUT2D eigenvalue weighted by Gasteiger charge is -2.22. The highest BCUT2D eigenvalue weighted by Crippen LogP contribution is 2.31. The third kappa shape index (κ3) is 7.11. The van der Waals surface area contributed by atoms with Gasteiger partial charge in [0.15, 0.2) is 5.96 Å². The van der Waals surface area contributed by atoms with Gasteiger partial charge in [-0.25, -0.2) is 0 Å². The summed E-state index contributed by atoms with van der Waals surface area (Å²) in [5, 5.41) is 7.62. The van der Waals surface area contributed by atoms with Crippen molar-refractivity contribution in [2.45, 2.75) is 38.3 Å². The van der Waals surface area contributed by atoms with Gasteiger partial charge in [0.25, 0.3) is 0 Å². The van der Waals surface area contributed by atoms with Gasteiger partial charge in [-0.3, -0.25) is 9.67 Å². The van der Waals surface area contributed by atoms with Crippen LogP contribution in [0.5, 0.6) is 0 Å². The smallest absolute Gasteiger partial charge is 0.356 e. The van der Waals surface area contributed by atoms with Crippen molar-refractivity contribution in [2.75, 3.05) is 26.7 Å². The number of halogens is 4. The van der Waals surface area contributed by atoms with Gasteiger partial charge in [0, 0.05) is 39.9 Å². The van der Waals surface area contributed by atoms with Crippen molar-refractivity contribution < 1.29 is 13.2 Å². The van der Waals surface area contributed by atoms with Crippen molar-refractivity contribution in [3.63, 3.8) is 0 Å². The zero-order valence-electron chi connectivity index (χ0n) is 18.2. The predicted molar refractivity (Wildman–Crippen MR) is 128 cm³/mol. The Hall–Kier alpha value is -1.78. The van der Waals surface area contributed by atoms with Crippen LogP contribution in [0, 0.1) is 5.92 Å². The van der Waals surface area contributed by atoms with E-state index < -0.39 is 11.7 Å². The molecule has 2 atom stereocenters. The molecular formula is C22H31F3IN5. The average molecular weight is 549 g/mol. The van der Waals surface area contributed by atoms with Crippen molar-refractivity contribution in [1.82, 2.24) is 20.0 Å². The van der Waals surface area contributed by atoms with Gasteiger partial charge in [-0.1, -0.05) is 25.1 Å². The van der Waals surface area contributed by atoms with Crippen LogP contribution < -0.4 is 5.32 Å². The number of nitrogens with one attached hydrogen (secondary N) is 1. The first-order valence-electron chi connectivity index (χ1n) is 10.4. The Kier molecular flexibility index (Phi) is 9.20. The Morgan fingerprint density at radius 2 is 2.13 bits per heavy atom. The van der Waals surface area contributed by atoms with Crippen LogP contribution in [-0.4, -0.2) is 47.3 Å². The summed E-state index contributed by atoms with van der Waals surface area (Å²) in [7, 11) is 3.70. The zero-order valence-corrected chi connectivity index (χ0v) is 20.5. The van der Waals surface area contributed by atoms with Crippen LogP contribution in [0.2, 0.25) is 0 Å². The summed E-state index contributed by atoms with van der Waals surface area (Å²) < 4.78 is 40.6. The van der Waals surface area contributed by atoms with Crippen molar-refractivity contribution in [3.8, 4) is 0 Å². The molecule has 1 aliphatic rings. The minimum Gasteiger partial charge on any atom is -0.356 e. The van der Waals surface area contributed by atoms with E-state index in [2.05, 4.69) is 26.5 Å². The van der Waals surface area contributed by atoms with Crippen molar-refractivity contribution >= 4 is 29.9 Å². The number of likely N-dealkylation sites (tertiary alicyclic amines) is 1. The number of nitrogens with zero attached hydrogens (tertiary/aromatic N) is 4. The highest BCUT2D eigenvalue weighted by Gasteiger charge is 2.30. The molecule has 1 fully saturated rings. The summed E-state index contributed by atoms with van der Waals surface area (Å²) in [6, 6.07) is 5.61. The number of aryl methyl sites for hydroxylation is 1. The van der Waals surface area contributed by atoms with E-state index in [0.29, 0.717) is 18.0 Å². The molecule has 1 aromatic carbocycles. The Labute approximate surface area is 199 Å². The minimum atomic E-state index is -4.31. The number of rotatable bonds is 6. The first-order valence-corrected chi connectivity index (χ1v) is 10.4. The normalized spacial score (nSPS) is 18.1. The molecule has 0 saturated carbocycles. The molecule has 0 radical (unpaired) electrons. The summed E-state index contributed by atoms with van der Waals surface area (Å²) in [6.45, 7) is 4.51. The van der Waals surface area contributed by atoms with E-state index in [1.807, 2.05) is 24.9 Å². The van der Waals surface area contributed by atoms with Crippen LogP contribution in [0.1, 0.15) is 42.4 Å². The lowest BCUT2D eigenvalue weighted by molar-refractivity contribution is -0.137. The van der Waals surface area contributed by atoms with Gasteiger partial charge in [-0.05, 0) is 48.3 Å². The SMILES string of the molecule is CN=C(NCCC(C)c1cccc(C(F)(F)F)c1)N1CCC(Cc2cnn(C)c2)C1.I. The minimum absolute atomic E-state index is 0. The molecule has 1 N–H and O–H groups in total. The summed E-state index contributed by atoms with van der Waals surface area (Å²) in [6.07, 6.45) is 2.52. The molecular weight excluding hydrogens is 518 g/mol. The van der Waals surface area contributed by atoms with Crippen molar-refractivity contribution in [1.29, 1.82) is 0 Å². The molecule has 1 saturated heterocycles. The number of hydrogen-bond donors (Lipinski definition) is 1. The van der Waals surface area contributed by atoms with Crippen molar-refractivity contribution in [2.24, 2.45) is 18.0 Å². The highest BCUT2D eigenvalue weighted by atomic mass is 127. The highest BCUT2D eigenvalue weighted by molar-refractivity contribution is 14.0. The van der Waals surface area contributed by atoms with E-state index >= 15 is 0 Å². The first-order chi connectivity index (χ1) is 14.3. The van der Waals surface area contributed by atoms with Crippen molar-refractivity contribution in [3.05, 3.63) is 53.3 Å². The second-order valence-electron chi connectivity index (χ2n) is 8.11. The number of alkyl halides is 3. The summed E-state index contributed by atoms with van der Waals surface area (Å²) in [5.41, 5.74) is 1.37. The molecule has 2 aromatic rings. The molecule has 1 aliphatic heterocycles. The average Bonchev–Trinajstić information content (AvgIpc) is 3.33. The first kappa shape index (κ1) is 25.5. The van der Waals surface area contributed by atoms with E-state index in [1.54, 1.807) is 13.1 Å². The summed E-state index contributed by atoms with van der Waals surface area (Å²) in [5.74, 6) is 1.45. The number of aromatic nitrogens is 2. The molecule has 0 amide bonds. The van der Waals surface area contributed by atoms with E-state index in [9.17, 15) is 13.2 Å². The summed E-state index contributed by atoms with van der Waals surface area (Å²) in [4.78, 5) is 6.66. The van der Waals surface area contributed by atoms with Crippen LogP contribution in [0.4, 0.5) is 13.2 Å². The summed E-state index contributed by atoms with van der Waals surface area (Å²) >= 11 is 0. The fourth-order valence-corrected chi connectivity index (χ4v) is 4.02. The Morgan fingerprint density at radius 3 is 2.77 bits per heavy atom. The quantitative estimate of drug-likeness (QED) is 0.323. The molecule has 0 spiro atoms. The number of guanidine groups is 1. The zero-order chi connectivity index (χ0) is 21.7. The predicted octanol–water partition coefficient (Wildman–Crippen LogP) is 4.69. The topological polar surface area (TPSA) is 45.5 Å². The van der Waals surface area contributed by atoms with Crippen LogP contribution in [0.15, 0.2) is 41.7 Å². The third-order valence-corrected chi connectivity index (χ3v) is 5.72. The molecule has 1 aromatic heterocycles. The van der Waals surface area contributed by atoms with Gasteiger partial charge in [-0.2, -0.15) is 18.3 Å². The fourth-order valence-electron chi connectivity index (χ4n) is 4.02. The molecule has 9 heteroatoms. The fraction of sp³-hybridized carbons (Fsp3) is 0.545. The van der Waals surface area contributed by atoms with Gasteiger partial charge in [0.2, 0.25) is 0 Å². The van der Waals surface area contributed by atoms with Gasteiger partial charge < -0.3 is 10.2 Å². The van der Waals surface area contributed by atoms with E-state index in [4.69, 9.17) is 0 Å². The Morgan fingerprint density at radius 1 is 1.35 bits per heavy atom. The molecule has 172 valence electrons. The van der Waals surface area contributed by atoms with Crippen LogP contribution in [0.25, 0.3) is 0 Å². The lowest BCUT2D eigenvalue weighted by Crippen LogP contribution is -2.40. The standard InChI is InChI=1S/C22H30F3N5.HI/c1-16(19-5-4-6-20(12-19)22(23,24)25)7-9-27-21(26-2)30-10-8-17(15-30)11-18-13-28-29(3)14-18;/h4-6,12-14,16-17H,7-11,15H2,1-3H3,(H,26,27);1H. The van der Waals surface area contributed by atoms with Gasteiger partial charge in [0.1, 0.15) is 0 Å². The van der Waals surface area contributed by atoms with Crippen LogP contribution in [-0.2, 0) is 19.6 Å². The maximum Gasteiger partial charge on any atom is 0.416 e. The van der Waals surface area contributed by atoms with Crippen LogP contribution in [0.3, 0.4) is 0 Å². The molecule has 2 unspecified atom stereocenters. The molecule has 2 heterocycles. The monoisotopic (exact) mass is 549 g/mol. The van der Waals surface area contributed by atoms with E-state index in [1.165, 1.54) is 17.7 Å². The maximum atomic E-state index is 12.9.